The van der Waals surface area contributed by atoms with Crippen molar-refractivity contribution in [3.05, 3.63) is 35.4 Å². The van der Waals surface area contributed by atoms with Crippen LogP contribution in [0.25, 0.3) is 11.2 Å². The van der Waals surface area contributed by atoms with Crippen LogP contribution in [0.5, 0.6) is 11.5 Å². The van der Waals surface area contributed by atoms with Crippen molar-refractivity contribution in [2.24, 2.45) is 0 Å². The van der Waals surface area contributed by atoms with Gasteiger partial charge in [0.25, 0.3) is 0 Å². The third-order valence-corrected chi connectivity index (χ3v) is 3.65. The van der Waals surface area contributed by atoms with E-state index in [1.165, 1.54) is 6.33 Å². The standard InChI is InChI=1S/C14H14ClN5O2/c1-21-9-4-3-8(10(15)12(9)22-2)5-16-13-11-14(18-6-17-11)20-7-19-13/h3-4,6-7H,5H2,1-2H3,(H2,16,17,18,19,20). The van der Waals surface area contributed by atoms with Crippen LogP contribution in [-0.2, 0) is 6.54 Å². The fourth-order valence-corrected chi connectivity index (χ4v) is 2.44. The summed E-state index contributed by atoms with van der Waals surface area (Å²) in [5.74, 6) is 1.76. The minimum absolute atomic E-state index is 0.477. The second kappa shape index (κ2) is 6.07. The zero-order valence-electron chi connectivity index (χ0n) is 12.1. The maximum Gasteiger partial charge on any atom is 0.182 e. The number of fused-ring (bicyclic) bond motifs is 1. The van der Waals surface area contributed by atoms with Gasteiger partial charge in [0.2, 0.25) is 0 Å². The zero-order valence-corrected chi connectivity index (χ0v) is 12.8. The van der Waals surface area contributed by atoms with Crippen molar-refractivity contribution < 1.29 is 9.47 Å². The van der Waals surface area contributed by atoms with Crippen molar-refractivity contribution in [2.75, 3.05) is 19.5 Å². The van der Waals surface area contributed by atoms with E-state index in [0.717, 1.165) is 11.1 Å². The molecule has 0 aliphatic carbocycles. The third-order valence-electron chi connectivity index (χ3n) is 3.23. The van der Waals surface area contributed by atoms with E-state index in [9.17, 15) is 0 Å². The molecule has 3 aromatic rings. The van der Waals surface area contributed by atoms with E-state index in [-0.39, 0.29) is 0 Å². The van der Waals surface area contributed by atoms with Crippen LogP contribution in [0.3, 0.4) is 0 Å². The maximum atomic E-state index is 6.36. The molecule has 0 aliphatic rings. The molecule has 2 aromatic heterocycles. The van der Waals surface area contributed by atoms with E-state index < -0.39 is 0 Å². The van der Waals surface area contributed by atoms with Crippen molar-refractivity contribution in [1.29, 1.82) is 0 Å². The lowest BCUT2D eigenvalue weighted by Gasteiger charge is -2.13. The van der Waals surface area contributed by atoms with Gasteiger partial charge in [-0.05, 0) is 11.6 Å². The summed E-state index contributed by atoms with van der Waals surface area (Å²) < 4.78 is 10.5. The number of hydrogen-bond acceptors (Lipinski definition) is 6. The lowest BCUT2D eigenvalue weighted by atomic mass is 10.2. The van der Waals surface area contributed by atoms with Crippen LogP contribution < -0.4 is 14.8 Å². The number of nitrogens with zero attached hydrogens (tertiary/aromatic N) is 3. The summed E-state index contributed by atoms with van der Waals surface area (Å²) in [6.45, 7) is 0.477. The molecule has 7 nitrogen and oxygen atoms in total. The zero-order chi connectivity index (χ0) is 15.5. The van der Waals surface area contributed by atoms with Gasteiger partial charge in [-0.25, -0.2) is 15.0 Å². The van der Waals surface area contributed by atoms with Crippen LogP contribution in [0.1, 0.15) is 5.56 Å². The lowest BCUT2D eigenvalue weighted by molar-refractivity contribution is 0.355. The van der Waals surface area contributed by atoms with Crippen LogP contribution in [0.4, 0.5) is 5.82 Å². The molecule has 0 saturated carbocycles. The summed E-state index contributed by atoms with van der Waals surface area (Å²) >= 11 is 6.36. The summed E-state index contributed by atoms with van der Waals surface area (Å²) in [6.07, 6.45) is 3.04. The van der Waals surface area contributed by atoms with Crippen LogP contribution in [0.2, 0.25) is 5.02 Å². The molecule has 0 atom stereocenters. The highest BCUT2D eigenvalue weighted by Crippen LogP contribution is 2.37. The number of rotatable bonds is 5. The molecule has 22 heavy (non-hydrogen) atoms. The molecule has 2 heterocycles. The first-order chi connectivity index (χ1) is 10.7. The third kappa shape index (κ3) is 2.50. The minimum Gasteiger partial charge on any atom is -0.493 e. The van der Waals surface area contributed by atoms with Gasteiger partial charge in [0.1, 0.15) is 11.8 Å². The van der Waals surface area contributed by atoms with Gasteiger partial charge < -0.3 is 19.8 Å². The fourth-order valence-electron chi connectivity index (χ4n) is 2.14. The van der Waals surface area contributed by atoms with Gasteiger partial charge in [-0.2, -0.15) is 0 Å². The number of ether oxygens (including phenoxy) is 2. The van der Waals surface area contributed by atoms with Crippen LogP contribution in [0.15, 0.2) is 24.8 Å². The van der Waals surface area contributed by atoms with Crippen molar-refractivity contribution in [3.63, 3.8) is 0 Å². The number of anilines is 1. The summed E-state index contributed by atoms with van der Waals surface area (Å²) in [5, 5.41) is 3.72. The number of aromatic amines is 1. The molecule has 0 spiro atoms. The van der Waals surface area contributed by atoms with Crippen molar-refractivity contribution in [3.8, 4) is 11.5 Å². The summed E-state index contributed by atoms with van der Waals surface area (Å²) in [4.78, 5) is 15.4. The van der Waals surface area contributed by atoms with Gasteiger partial charge in [0, 0.05) is 6.54 Å². The predicted molar refractivity (Wildman–Crippen MR) is 83.6 cm³/mol. The summed E-state index contributed by atoms with van der Waals surface area (Å²) in [7, 11) is 3.13. The topological polar surface area (TPSA) is 85.0 Å². The SMILES string of the molecule is COc1ccc(CNc2ncnc3nc[nH]c23)c(Cl)c1OC. The van der Waals surface area contributed by atoms with E-state index >= 15 is 0 Å². The Kier molecular flexibility index (Phi) is 3.97. The maximum absolute atomic E-state index is 6.36. The fraction of sp³-hybridized carbons (Fsp3) is 0.214. The number of H-pyrrole nitrogens is 1. The monoisotopic (exact) mass is 319 g/mol. The Hall–Kier alpha value is -2.54. The Balaban J connectivity index is 1.86. The molecule has 0 aliphatic heterocycles. The van der Waals surface area contributed by atoms with Crippen molar-refractivity contribution >= 4 is 28.6 Å². The molecule has 0 saturated heterocycles. The molecule has 0 bridgehead atoms. The number of benzene rings is 1. The second-order valence-corrected chi connectivity index (χ2v) is 4.83. The molecular formula is C14H14ClN5O2. The summed E-state index contributed by atoms with van der Waals surface area (Å²) in [5.41, 5.74) is 2.22. The second-order valence-electron chi connectivity index (χ2n) is 4.45. The minimum atomic E-state index is 0.477. The Morgan fingerprint density at radius 1 is 1.18 bits per heavy atom. The van der Waals surface area contributed by atoms with Gasteiger partial charge in [0.05, 0.1) is 25.6 Å². The molecule has 114 valence electrons. The van der Waals surface area contributed by atoms with Gasteiger partial charge in [-0.15, -0.1) is 0 Å². The Morgan fingerprint density at radius 2 is 2.05 bits per heavy atom. The molecule has 0 radical (unpaired) electrons. The number of hydrogen-bond donors (Lipinski definition) is 2. The molecule has 1 aromatic carbocycles. The number of nitrogens with one attached hydrogen (secondary N) is 2. The highest BCUT2D eigenvalue weighted by atomic mass is 35.5. The number of imidazole rings is 1. The van der Waals surface area contributed by atoms with E-state index in [4.69, 9.17) is 21.1 Å². The first kappa shape index (κ1) is 14.4. The molecular weight excluding hydrogens is 306 g/mol. The predicted octanol–water partition coefficient (Wildman–Crippen LogP) is 2.64. The van der Waals surface area contributed by atoms with E-state index in [1.807, 2.05) is 12.1 Å². The van der Waals surface area contributed by atoms with Gasteiger partial charge in [0.15, 0.2) is 23.0 Å². The van der Waals surface area contributed by atoms with Gasteiger partial charge in [-0.3, -0.25) is 0 Å². The summed E-state index contributed by atoms with van der Waals surface area (Å²) in [6, 6.07) is 3.69. The van der Waals surface area contributed by atoms with Crippen LogP contribution in [0, 0.1) is 0 Å². The number of aromatic nitrogens is 4. The van der Waals surface area contributed by atoms with E-state index in [0.29, 0.717) is 34.5 Å². The van der Waals surface area contributed by atoms with Gasteiger partial charge in [-0.1, -0.05) is 17.7 Å². The molecule has 8 heteroatoms. The normalized spacial score (nSPS) is 10.7. The van der Waals surface area contributed by atoms with Crippen LogP contribution >= 0.6 is 11.6 Å². The smallest absolute Gasteiger partial charge is 0.182 e. The molecule has 0 fully saturated rings. The largest absolute Gasteiger partial charge is 0.493 e. The van der Waals surface area contributed by atoms with Crippen LogP contribution in [-0.4, -0.2) is 34.2 Å². The van der Waals surface area contributed by atoms with Gasteiger partial charge >= 0.3 is 0 Å². The molecule has 3 rings (SSSR count). The van der Waals surface area contributed by atoms with Crippen molar-refractivity contribution in [1.82, 2.24) is 19.9 Å². The highest BCUT2D eigenvalue weighted by Gasteiger charge is 2.13. The Morgan fingerprint density at radius 3 is 2.82 bits per heavy atom. The average molecular weight is 320 g/mol. The highest BCUT2D eigenvalue weighted by molar-refractivity contribution is 6.33. The molecule has 2 N–H and O–H groups in total. The molecule has 0 unspecified atom stereocenters. The molecule has 0 amide bonds. The quantitative estimate of drug-likeness (QED) is 0.752. The number of halogens is 1. The lowest BCUT2D eigenvalue weighted by Crippen LogP contribution is -2.04. The Labute approximate surface area is 131 Å². The first-order valence-electron chi connectivity index (χ1n) is 6.52. The van der Waals surface area contributed by atoms with E-state index in [2.05, 4.69) is 25.3 Å². The number of methoxy groups -OCH3 is 2. The Bertz CT molecular complexity index is 805. The average Bonchev–Trinajstić information content (AvgIpc) is 3.02. The van der Waals surface area contributed by atoms with E-state index in [1.54, 1.807) is 20.5 Å². The first-order valence-corrected chi connectivity index (χ1v) is 6.89. The van der Waals surface area contributed by atoms with Crippen molar-refractivity contribution in [2.45, 2.75) is 6.54 Å².